The number of nitrogens with one attached hydrogen (secondary N) is 1. The molecule has 2 heterocycles. The van der Waals surface area contributed by atoms with Crippen molar-refractivity contribution < 1.29 is 4.79 Å². The van der Waals surface area contributed by atoms with Crippen molar-refractivity contribution in [2.24, 2.45) is 0 Å². The van der Waals surface area contributed by atoms with Crippen LogP contribution in [0.1, 0.15) is 12.0 Å². The zero-order valence-corrected chi connectivity index (χ0v) is 14.5. The molecule has 3 aromatic rings. The second-order valence-corrected chi connectivity index (χ2v) is 6.53. The number of anilines is 1. The number of nitrogens with zero attached hydrogens (tertiary/aromatic N) is 2. The van der Waals surface area contributed by atoms with E-state index in [9.17, 15) is 4.79 Å². The number of carbonyl (C=O) groups is 1. The van der Waals surface area contributed by atoms with Gasteiger partial charge in [-0.2, -0.15) is 0 Å². The molecule has 1 aliphatic heterocycles. The Kier molecular flexibility index (Phi) is 4.75. The predicted molar refractivity (Wildman–Crippen MR) is 104 cm³/mol. The fourth-order valence-corrected chi connectivity index (χ4v) is 3.29. The maximum absolute atomic E-state index is 12.3. The lowest BCUT2D eigenvalue weighted by Gasteiger charge is -2.17. The highest BCUT2D eigenvalue weighted by Crippen LogP contribution is 2.21. The Morgan fingerprint density at radius 1 is 0.962 bits per heavy atom. The molecule has 4 rings (SSSR count). The molecular formula is C22H21N3O. The molecule has 130 valence electrons. The summed E-state index contributed by atoms with van der Waals surface area (Å²) in [7, 11) is 0. The molecule has 0 aliphatic carbocycles. The van der Waals surface area contributed by atoms with Gasteiger partial charge in [-0.25, -0.2) is 0 Å². The van der Waals surface area contributed by atoms with Crippen LogP contribution in [0, 0.1) is 0 Å². The van der Waals surface area contributed by atoms with E-state index in [4.69, 9.17) is 0 Å². The fraction of sp³-hybridized carbons (Fsp3) is 0.182. The maximum Gasteiger partial charge on any atom is 0.228 e. The Bertz CT molecular complexity index is 863. The summed E-state index contributed by atoms with van der Waals surface area (Å²) in [4.78, 5) is 18.5. The van der Waals surface area contributed by atoms with Crippen molar-refractivity contribution >= 4 is 11.6 Å². The first-order valence-corrected chi connectivity index (χ1v) is 8.89. The summed E-state index contributed by atoms with van der Waals surface area (Å²) in [6.07, 6.45) is 2.35. The first-order chi connectivity index (χ1) is 12.8. The molecule has 0 bridgehead atoms. The van der Waals surface area contributed by atoms with Crippen molar-refractivity contribution in [1.29, 1.82) is 0 Å². The summed E-state index contributed by atoms with van der Waals surface area (Å²) in [5.41, 5.74) is 4.27. The van der Waals surface area contributed by atoms with Gasteiger partial charge < -0.3 is 10.2 Å². The number of pyridine rings is 1. The number of rotatable bonds is 5. The van der Waals surface area contributed by atoms with E-state index in [2.05, 4.69) is 34.6 Å². The Morgan fingerprint density at radius 2 is 1.73 bits per heavy atom. The molecule has 2 aromatic carbocycles. The van der Waals surface area contributed by atoms with Gasteiger partial charge in [0.15, 0.2) is 0 Å². The highest BCUT2D eigenvalue weighted by atomic mass is 16.2. The number of hydrogen-bond acceptors (Lipinski definition) is 3. The van der Waals surface area contributed by atoms with Crippen molar-refractivity contribution in [2.75, 3.05) is 11.4 Å². The van der Waals surface area contributed by atoms with Crippen LogP contribution < -0.4 is 10.2 Å². The quantitative estimate of drug-likeness (QED) is 0.769. The summed E-state index contributed by atoms with van der Waals surface area (Å²) in [6.45, 7) is 1.47. The van der Waals surface area contributed by atoms with Crippen LogP contribution in [0.3, 0.4) is 0 Å². The third-order valence-corrected chi connectivity index (χ3v) is 4.70. The lowest BCUT2D eigenvalue weighted by Crippen LogP contribution is -2.32. The molecule has 1 saturated heterocycles. The highest BCUT2D eigenvalue weighted by molar-refractivity contribution is 5.96. The Labute approximate surface area is 153 Å². The number of hydrogen-bond donors (Lipinski definition) is 1. The Balaban J connectivity index is 1.35. The molecule has 1 unspecified atom stereocenters. The minimum absolute atomic E-state index is 0.179. The van der Waals surface area contributed by atoms with E-state index in [0.717, 1.165) is 30.0 Å². The van der Waals surface area contributed by atoms with Crippen LogP contribution in [-0.4, -0.2) is 23.5 Å². The van der Waals surface area contributed by atoms with E-state index in [1.165, 1.54) is 5.56 Å². The standard InChI is InChI=1S/C22H21N3O/c26-22-14-19(16-25(22)20-6-2-1-3-7-20)24-15-17-9-11-18(12-10-17)21-8-4-5-13-23-21/h1-13,19,24H,14-16H2. The molecule has 1 aromatic heterocycles. The van der Waals surface area contributed by atoms with Gasteiger partial charge >= 0.3 is 0 Å². The van der Waals surface area contributed by atoms with Crippen molar-refractivity contribution in [2.45, 2.75) is 19.0 Å². The van der Waals surface area contributed by atoms with E-state index in [1.807, 2.05) is 53.4 Å². The molecule has 0 radical (unpaired) electrons. The van der Waals surface area contributed by atoms with Gasteiger partial charge in [-0.15, -0.1) is 0 Å². The Hall–Kier alpha value is -2.98. The molecule has 1 fully saturated rings. The van der Waals surface area contributed by atoms with E-state index in [1.54, 1.807) is 6.20 Å². The number of carbonyl (C=O) groups excluding carboxylic acids is 1. The molecular weight excluding hydrogens is 322 g/mol. The van der Waals surface area contributed by atoms with Crippen LogP contribution >= 0.6 is 0 Å². The first-order valence-electron chi connectivity index (χ1n) is 8.89. The third-order valence-electron chi connectivity index (χ3n) is 4.70. The van der Waals surface area contributed by atoms with Gasteiger partial charge in [0.1, 0.15) is 0 Å². The van der Waals surface area contributed by atoms with E-state index in [-0.39, 0.29) is 11.9 Å². The van der Waals surface area contributed by atoms with Crippen LogP contribution in [0.2, 0.25) is 0 Å². The number of para-hydroxylation sites is 1. The smallest absolute Gasteiger partial charge is 0.228 e. The second-order valence-electron chi connectivity index (χ2n) is 6.53. The minimum Gasteiger partial charge on any atom is -0.311 e. The molecule has 0 saturated carbocycles. The average molecular weight is 343 g/mol. The first kappa shape index (κ1) is 16.5. The lowest BCUT2D eigenvalue weighted by molar-refractivity contribution is -0.117. The van der Waals surface area contributed by atoms with Gasteiger partial charge in [-0.3, -0.25) is 9.78 Å². The summed E-state index contributed by atoms with van der Waals surface area (Å²) < 4.78 is 0. The summed E-state index contributed by atoms with van der Waals surface area (Å²) in [6, 6.07) is 24.4. The van der Waals surface area contributed by atoms with Gasteiger partial charge in [-0.1, -0.05) is 48.5 Å². The van der Waals surface area contributed by atoms with Crippen LogP contribution in [0.4, 0.5) is 5.69 Å². The largest absolute Gasteiger partial charge is 0.311 e. The highest BCUT2D eigenvalue weighted by Gasteiger charge is 2.29. The normalized spacial score (nSPS) is 16.8. The van der Waals surface area contributed by atoms with E-state index < -0.39 is 0 Å². The van der Waals surface area contributed by atoms with Gasteiger partial charge in [0.25, 0.3) is 0 Å². The second kappa shape index (κ2) is 7.50. The SMILES string of the molecule is O=C1CC(NCc2ccc(-c3ccccn3)cc2)CN1c1ccccc1. The molecule has 1 aliphatic rings. The molecule has 1 N–H and O–H groups in total. The number of aromatic nitrogens is 1. The number of amides is 1. The van der Waals surface area contributed by atoms with Crippen molar-refractivity contribution in [3.05, 3.63) is 84.6 Å². The molecule has 1 atom stereocenters. The van der Waals surface area contributed by atoms with E-state index >= 15 is 0 Å². The van der Waals surface area contributed by atoms with Crippen molar-refractivity contribution in [1.82, 2.24) is 10.3 Å². The number of benzene rings is 2. The molecule has 4 nitrogen and oxygen atoms in total. The van der Waals surface area contributed by atoms with Gasteiger partial charge in [0.2, 0.25) is 5.91 Å². The average Bonchev–Trinajstić information content (AvgIpc) is 3.09. The van der Waals surface area contributed by atoms with Crippen LogP contribution in [0.5, 0.6) is 0 Å². The predicted octanol–water partition coefficient (Wildman–Crippen LogP) is 3.64. The van der Waals surface area contributed by atoms with Crippen LogP contribution in [-0.2, 0) is 11.3 Å². The topological polar surface area (TPSA) is 45.2 Å². The van der Waals surface area contributed by atoms with Gasteiger partial charge in [-0.05, 0) is 29.8 Å². The monoisotopic (exact) mass is 343 g/mol. The zero-order valence-electron chi connectivity index (χ0n) is 14.5. The summed E-state index contributed by atoms with van der Waals surface area (Å²) in [5, 5.41) is 3.51. The van der Waals surface area contributed by atoms with Gasteiger partial charge in [0, 0.05) is 43.0 Å². The van der Waals surface area contributed by atoms with Gasteiger partial charge in [0.05, 0.1) is 5.69 Å². The van der Waals surface area contributed by atoms with E-state index in [0.29, 0.717) is 6.42 Å². The maximum atomic E-state index is 12.3. The molecule has 4 heteroatoms. The van der Waals surface area contributed by atoms with Crippen molar-refractivity contribution in [3.63, 3.8) is 0 Å². The third kappa shape index (κ3) is 3.65. The zero-order chi connectivity index (χ0) is 17.8. The fourth-order valence-electron chi connectivity index (χ4n) is 3.29. The van der Waals surface area contributed by atoms with Crippen LogP contribution in [0.25, 0.3) is 11.3 Å². The van der Waals surface area contributed by atoms with Crippen LogP contribution in [0.15, 0.2) is 79.0 Å². The Morgan fingerprint density at radius 3 is 2.46 bits per heavy atom. The minimum atomic E-state index is 0.179. The lowest BCUT2D eigenvalue weighted by atomic mass is 10.1. The summed E-state index contributed by atoms with van der Waals surface area (Å²) >= 11 is 0. The summed E-state index contributed by atoms with van der Waals surface area (Å²) in [5.74, 6) is 0.180. The molecule has 26 heavy (non-hydrogen) atoms. The molecule has 1 amide bonds. The van der Waals surface area contributed by atoms with Crippen molar-refractivity contribution in [3.8, 4) is 11.3 Å². The molecule has 0 spiro atoms.